The Bertz CT molecular complexity index is 759. The maximum atomic E-state index is 11.0. The zero-order valence-electron chi connectivity index (χ0n) is 14.3. The number of carboxylic acid groups (broad SMARTS) is 1. The van der Waals surface area contributed by atoms with Gasteiger partial charge in [-0.2, -0.15) is 0 Å². The molecule has 1 aromatic heterocycles. The van der Waals surface area contributed by atoms with Gasteiger partial charge in [-0.05, 0) is 42.7 Å². The van der Waals surface area contributed by atoms with Crippen molar-refractivity contribution in [3.05, 3.63) is 40.9 Å². The van der Waals surface area contributed by atoms with Crippen LogP contribution in [0.15, 0.2) is 29.6 Å². The summed E-state index contributed by atoms with van der Waals surface area (Å²) in [5.41, 5.74) is 2.92. The molecule has 0 bridgehead atoms. The average molecular weight is 356 g/mol. The van der Waals surface area contributed by atoms with Crippen molar-refractivity contribution in [1.82, 2.24) is 10.3 Å². The Kier molecular flexibility index (Phi) is 4.61. The summed E-state index contributed by atoms with van der Waals surface area (Å²) >= 11 is 1.39. The van der Waals surface area contributed by atoms with Crippen LogP contribution in [0, 0.1) is 5.41 Å². The molecular weight excluding hydrogens is 332 g/mol. The number of carbonyl (C=O) groups is 1. The van der Waals surface area contributed by atoms with Gasteiger partial charge in [-0.3, -0.25) is 0 Å². The summed E-state index contributed by atoms with van der Waals surface area (Å²) in [4.78, 5) is 15.2. The predicted molar refractivity (Wildman–Crippen MR) is 99.9 cm³/mol. The van der Waals surface area contributed by atoms with E-state index in [1.165, 1.54) is 61.8 Å². The number of thiazole rings is 1. The van der Waals surface area contributed by atoms with Crippen LogP contribution in [-0.4, -0.2) is 22.1 Å². The van der Waals surface area contributed by atoms with Crippen molar-refractivity contribution in [1.29, 1.82) is 0 Å². The number of nitrogens with zero attached hydrogens (tertiary/aromatic N) is 1. The van der Waals surface area contributed by atoms with E-state index in [-0.39, 0.29) is 5.69 Å². The molecule has 25 heavy (non-hydrogen) atoms. The van der Waals surface area contributed by atoms with Gasteiger partial charge in [0.15, 0.2) is 5.69 Å². The predicted octanol–water partition coefficient (Wildman–Crippen LogP) is 4.71. The molecule has 1 aromatic carbocycles. The van der Waals surface area contributed by atoms with Gasteiger partial charge in [0, 0.05) is 23.5 Å². The molecular formula is C20H24N2O2S. The van der Waals surface area contributed by atoms with Crippen LogP contribution in [0.3, 0.4) is 0 Å². The van der Waals surface area contributed by atoms with Crippen LogP contribution in [0.5, 0.6) is 0 Å². The first-order valence-corrected chi connectivity index (χ1v) is 10.1. The lowest BCUT2D eigenvalue weighted by atomic mass is 9.81. The normalized spacial score (nSPS) is 21.8. The first kappa shape index (κ1) is 16.7. The highest BCUT2D eigenvalue weighted by Gasteiger charge is 2.44. The first-order chi connectivity index (χ1) is 12.2. The number of aromatic nitrogens is 1. The van der Waals surface area contributed by atoms with Gasteiger partial charge >= 0.3 is 5.97 Å². The van der Waals surface area contributed by atoms with Crippen molar-refractivity contribution in [3.8, 4) is 10.6 Å². The fourth-order valence-electron chi connectivity index (χ4n) is 4.69. The third-order valence-corrected chi connectivity index (χ3v) is 6.85. The monoisotopic (exact) mass is 356 g/mol. The topological polar surface area (TPSA) is 62.2 Å². The van der Waals surface area contributed by atoms with Crippen LogP contribution in [0.4, 0.5) is 0 Å². The largest absolute Gasteiger partial charge is 0.476 e. The fraction of sp³-hybridized carbons (Fsp3) is 0.500. The summed E-state index contributed by atoms with van der Waals surface area (Å²) < 4.78 is 0. The first-order valence-electron chi connectivity index (χ1n) is 9.18. The third kappa shape index (κ3) is 3.35. The van der Waals surface area contributed by atoms with E-state index in [9.17, 15) is 4.79 Å². The standard InChI is InChI=1S/C20H24N2O2S/c23-19(24)16-13-25-18(22-16)15-6-3-5-14(11-15)12-21-17-7-4-10-20(17)8-1-2-9-20/h3,5-6,11,13,17,21H,1-2,4,7-10,12H2,(H,23,24). The van der Waals surface area contributed by atoms with E-state index in [0.29, 0.717) is 11.5 Å². The summed E-state index contributed by atoms with van der Waals surface area (Å²) in [7, 11) is 0. The molecule has 2 N–H and O–H groups in total. The maximum Gasteiger partial charge on any atom is 0.355 e. The number of benzene rings is 1. The van der Waals surface area contributed by atoms with E-state index < -0.39 is 5.97 Å². The second kappa shape index (κ2) is 6.89. The van der Waals surface area contributed by atoms with Crippen LogP contribution in [0.2, 0.25) is 0 Å². The van der Waals surface area contributed by atoms with Crippen molar-refractivity contribution in [2.75, 3.05) is 0 Å². The quantitative estimate of drug-likeness (QED) is 0.814. The zero-order valence-corrected chi connectivity index (χ0v) is 15.1. The Balaban J connectivity index is 1.45. The molecule has 4 rings (SSSR count). The van der Waals surface area contributed by atoms with E-state index >= 15 is 0 Å². The third-order valence-electron chi connectivity index (χ3n) is 5.96. The second-order valence-electron chi connectivity index (χ2n) is 7.44. The number of nitrogens with one attached hydrogen (secondary N) is 1. The SMILES string of the molecule is O=C(O)c1csc(-c2cccc(CNC3CCCC34CCCC4)c2)n1. The molecule has 2 saturated carbocycles. The van der Waals surface area contributed by atoms with E-state index in [4.69, 9.17) is 5.11 Å². The van der Waals surface area contributed by atoms with Gasteiger partial charge in [0.1, 0.15) is 5.01 Å². The molecule has 2 aromatic rings. The van der Waals surface area contributed by atoms with Crippen molar-refractivity contribution in [2.45, 2.75) is 57.5 Å². The lowest BCUT2D eigenvalue weighted by Crippen LogP contribution is -2.39. The number of hydrogen-bond acceptors (Lipinski definition) is 4. The molecule has 1 spiro atoms. The van der Waals surface area contributed by atoms with Gasteiger partial charge in [-0.15, -0.1) is 11.3 Å². The highest BCUT2D eigenvalue weighted by atomic mass is 32.1. The number of aromatic carboxylic acids is 1. The Labute approximate surface area is 152 Å². The second-order valence-corrected chi connectivity index (χ2v) is 8.30. The fourth-order valence-corrected chi connectivity index (χ4v) is 5.49. The molecule has 132 valence electrons. The molecule has 5 heteroatoms. The maximum absolute atomic E-state index is 11.0. The molecule has 4 nitrogen and oxygen atoms in total. The van der Waals surface area contributed by atoms with Gasteiger partial charge in [0.2, 0.25) is 0 Å². The minimum Gasteiger partial charge on any atom is -0.476 e. The lowest BCUT2D eigenvalue weighted by molar-refractivity contribution is 0.0691. The number of rotatable bonds is 5. The van der Waals surface area contributed by atoms with E-state index in [1.807, 2.05) is 12.1 Å². The summed E-state index contributed by atoms with van der Waals surface area (Å²) in [6, 6.07) is 8.96. The van der Waals surface area contributed by atoms with Crippen LogP contribution in [0.1, 0.15) is 61.0 Å². The lowest BCUT2D eigenvalue weighted by Gasteiger charge is -2.32. The van der Waals surface area contributed by atoms with Crippen molar-refractivity contribution in [3.63, 3.8) is 0 Å². The minimum atomic E-state index is -0.969. The van der Waals surface area contributed by atoms with Crippen molar-refractivity contribution in [2.24, 2.45) is 5.41 Å². The van der Waals surface area contributed by atoms with Crippen LogP contribution >= 0.6 is 11.3 Å². The molecule has 0 radical (unpaired) electrons. The Morgan fingerprint density at radius 1 is 1.28 bits per heavy atom. The minimum absolute atomic E-state index is 0.123. The molecule has 1 atom stereocenters. The smallest absolute Gasteiger partial charge is 0.355 e. The van der Waals surface area contributed by atoms with Crippen LogP contribution < -0.4 is 5.32 Å². The van der Waals surface area contributed by atoms with Crippen molar-refractivity contribution >= 4 is 17.3 Å². The molecule has 1 unspecified atom stereocenters. The highest BCUT2D eigenvalue weighted by molar-refractivity contribution is 7.13. The molecule has 2 fully saturated rings. The molecule has 0 amide bonds. The molecule has 1 heterocycles. The zero-order chi connectivity index (χ0) is 17.3. The highest BCUT2D eigenvalue weighted by Crippen LogP contribution is 2.50. The van der Waals surface area contributed by atoms with E-state index in [0.717, 1.165) is 17.1 Å². The average Bonchev–Trinajstić information content (AvgIpc) is 3.35. The summed E-state index contributed by atoms with van der Waals surface area (Å²) in [5.74, 6) is -0.969. The van der Waals surface area contributed by atoms with Crippen LogP contribution in [0.25, 0.3) is 10.6 Å². The van der Waals surface area contributed by atoms with Crippen molar-refractivity contribution < 1.29 is 9.90 Å². The van der Waals surface area contributed by atoms with E-state index in [1.54, 1.807) is 5.38 Å². The molecule has 2 aliphatic rings. The Morgan fingerprint density at radius 3 is 2.84 bits per heavy atom. The van der Waals surface area contributed by atoms with Gasteiger partial charge in [-0.1, -0.05) is 37.5 Å². The molecule has 0 saturated heterocycles. The molecule has 2 aliphatic carbocycles. The van der Waals surface area contributed by atoms with Gasteiger partial charge in [-0.25, -0.2) is 9.78 Å². The summed E-state index contributed by atoms with van der Waals surface area (Å²) in [6.45, 7) is 0.872. The Hall–Kier alpha value is -1.72. The van der Waals surface area contributed by atoms with Gasteiger partial charge in [0.05, 0.1) is 0 Å². The summed E-state index contributed by atoms with van der Waals surface area (Å²) in [6.07, 6.45) is 9.61. The van der Waals surface area contributed by atoms with Gasteiger partial charge in [0.25, 0.3) is 0 Å². The molecule has 0 aliphatic heterocycles. The number of carboxylic acids is 1. The van der Waals surface area contributed by atoms with E-state index in [2.05, 4.69) is 22.4 Å². The summed E-state index contributed by atoms with van der Waals surface area (Å²) in [5, 5.41) is 15.2. The number of hydrogen-bond donors (Lipinski definition) is 2. The van der Waals surface area contributed by atoms with Crippen LogP contribution in [-0.2, 0) is 6.54 Å². The Morgan fingerprint density at radius 2 is 2.08 bits per heavy atom. The van der Waals surface area contributed by atoms with Gasteiger partial charge < -0.3 is 10.4 Å².